The summed E-state index contributed by atoms with van der Waals surface area (Å²) < 4.78 is 11.7. The molecule has 0 radical (unpaired) electrons. The summed E-state index contributed by atoms with van der Waals surface area (Å²) in [6.45, 7) is 4.61. The number of hydrogen-bond acceptors (Lipinski definition) is 6. The third-order valence-electron chi connectivity index (χ3n) is 3.85. The van der Waals surface area contributed by atoms with Crippen LogP contribution in [0.15, 0.2) is 10.6 Å². The zero-order valence-corrected chi connectivity index (χ0v) is 13.3. The maximum absolute atomic E-state index is 12.5. The van der Waals surface area contributed by atoms with Crippen molar-refractivity contribution in [3.05, 3.63) is 34.5 Å². The van der Waals surface area contributed by atoms with E-state index in [0.29, 0.717) is 25.3 Å². The van der Waals surface area contributed by atoms with Crippen LogP contribution >= 0.6 is 0 Å². The molecule has 0 aromatic carbocycles. The highest BCUT2D eigenvalue weighted by molar-refractivity contribution is 5.93. The standard InChI is InChI=1S/C15H18N4O4/c1-4-22-15(21)13-10-8-19(6-5-12(10)18(3)16-13)14(20)11-7-9(2)23-17-11/h7H,4-6,8H2,1-3H3. The molecule has 1 aliphatic rings. The number of esters is 1. The van der Waals surface area contributed by atoms with Gasteiger partial charge in [-0.3, -0.25) is 9.48 Å². The predicted molar refractivity (Wildman–Crippen MR) is 78.8 cm³/mol. The number of hydrogen-bond donors (Lipinski definition) is 0. The summed E-state index contributed by atoms with van der Waals surface area (Å²) in [7, 11) is 1.79. The Hall–Kier alpha value is -2.64. The minimum absolute atomic E-state index is 0.217. The van der Waals surface area contributed by atoms with Gasteiger partial charge in [-0.15, -0.1) is 0 Å². The second kappa shape index (κ2) is 5.86. The zero-order chi connectivity index (χ0) is 16.6. The Morgan fingerprint density at radius 1 is 1.43 bits per heavy atom. The lowest BCUT2D eigenvalue weighted by Crippen LogP contribution is -2.36. The first-order valence-corrected chi connectivity index (χ1v) is 7.45. The fraction of sp³-hybridized carbons (Fsp3) is 0.467. The third kappa shape index (κ3) is 2.71. The van der Waals surface area contributed by atoms with Gasteiger partial charge in [-0.05, 0) is 13.8 Å². The van der Waals surface area contributed by atoms with Crippen LogP contribution in [0, 0.1) is 6.92 Å². The average Bonchev–Trinajstić information content (AvgIpc) is 3.11. The van der Waals surface area contributed by atoms with E-state index < -0.39 is 5.97 Å². The summed E-state index contributed by atoms with van der Waals surface area (Å²) in [5, 5.41) is 8.01. The molecule has 2 aromatic rings. The molecule has 0 unspecified atom stereocenters. The van der Waals surface area contributed by atoms with Crippen molar-refractivity contribution in [3.8, 4) is 0 Å². The molecule has 8 nitrogen and oxygen atoms in total. The van der Waals surface area contributed by atoms with Gasteiger partial charge in [0.1, 0.15) is 5.76 Å². The predicted octanol–water partition coefficient (Wildman–Crippen LogP) is 1.09. The highest BCUT2D eigenvalue weighted by atomic mass is 16.5. The van der Waals surface area contributed by atoms with Crippen molar-refractivity contribution in [2.24, 2.45) is 7.05 Å². The Bertz CT molecular complexity index is 762. The van der Waals surface area contributed by atoms with Crippen LogP contribution < -0.4 is 0 Å². The molecule has 0 atom stereocenters. The number of ether oxygens (including phenoxy) is 1. The summed E-state index contributed by atoms with van der Waals surface area (Å²) in [5.41, 5.74) is 2.24. The van der Waals surface area contributed by atoms with E-state index in [0.717, 1.165) is 11.3 Å². The monoisotopic (exact) mass is 318 g/mol. The van der Waals surface area contributed by atoms with E-state index in [1.807, 2.05) is 0 Å². The molecule has 2 aromatic heterocycles. The van der Waals surface area contributed by atoms with Crippen molar-refractivity contribution in [2.45, 2.75) is 26.8 Å². The molecule has 1 aliphatic heterocycles. The number of nitrogens with zero attached hydrogens (tertiary/aromatic N) is 4. The summed E-state index contributed by atoms with van der Waals surface area (Å²) >= 11 is 0. The molecule has 0 aliphatic carbocycles. The van der Waals surface area contributed by atoms with Gasteiger partial charge in [-0.1, -0.05) is 5.16 Å². The van der Waals surface area contributed by atoms with Crippen LogP contribution in [-0.2, 0) is 24.8 Å². The Kier molecular flexibility index (Phi) is 3.89. The highest BCUT2D eigenvalue weighted by Gasteiger charge is 2.31. The number of fused-ring (bicyclic) bond motifs is 1. The first-order chi connectivity index (χ1) is 11.0. The zero-order valence-electron chi connectivity index (χ0n) is 13.3. The average molecular weight is 318 g/mol. The first kappa shape index (κ1) is 15.3. The number of carbonyl (C=O) groups excluding carboxylic acids is 2. The van der Waals surface area contributed by atoms with E-state index >= 15 is 0 Å². The van der Waals surface area contributed by atoms with Crippen molar-refractivity contribution in [3.63, 3.8) is 0 Å². The minimum atomic E-state index is -0.462. The molecule has 0 N–H and O–H groups in total. The normalized spacial score (nSPS) is 13.8. The summed E-state index contributed by atoms with van der Waals surface area (Å²) in [4.78, 5) is 26.2. The smallest absolute Gasteiger partial charge is 0.359 e. The van der Waals surface area contributed by atoms with Crippen LogP contribution in [0.1, 0.15) is 44.9 Å². The molecule has 0 saturated heterocycles. The lowest BCUT2D eigenvalue weighted by atomic mass is 10.0. The second-order valence-electron chi connectivity index (χ2n) is 5.42. The van der Waals surface area contributed by atoms with Gasteiger partial charge in [0.05, 0.1) is 13.2 Å². The third-order valence-corrected chi connectivity index (χ3v) is 3.85. The molecule has 1 amide bonds. The molecule has 0 saturated carbocycles. The Morgan fingerprint density at radius 3 is 2.87 bits per heavy atom. The minimum Gasteiger partial charge on any atom is -0.461 e. The van der Waals surface area contributed by atoms with Crippen molar-refractivity contribution >= 4 is 11.9 Å². The van der Waals surface area contributed by atoms with Crippen molar-refractivity contribution in [1.29, 1.82) is 0 Å². The largest absolute Gasteiger partial charge is 0.461 e. The van der Waals surface area contributed by atoms with Crippen LogP contribution in [0.5, 0.6) is 0 Å². The molecule has 0 bridgehead atoms. The van der Waals surface area contributed by atoms with E-state index in [4.69, 9.17) is 9.26 Å². The summed E-state index contributed by atoms with van der Waals surface area (Å²) in [5.74, 6) is -0.0956. The lowest BCUT2D eigenvalue weighted by molar-refractivity contribution is 0.0513. The van der Waals surface area contributed by atoms with Gasteiger partial charge in [0.2, 0.25) is 0 Å². The number of aromatic nitrogens is 3. The van der Waals surface area contributed by atoms with Crippen molar-refractivity contribution in [1.82, 2.24) is 19.8 Å². The maximum atomic E-state index is 12.5. The van der Waals surface area contributed by atoms with E-state index in [2.05, 4.69) is 10.3 Å². The lowest BCUT2D eigenvalue weighted by Gasteiger charge is -2.26. The van der Waals surface area contributed by atoms with E-state index in [-0.39, 0.29) is 23.9 Å². The van der Waals surface area contributed by atoms with E-state index in [1.165, 1.54) is 0 Å². The fourth-order valence-corrected chi connectivity index (χ4v) is 2.76. The number of amides is 1. The van der Waals surface area contributed by atoms with Gasteiger partial charge >= 0.3 is 5.97 Å². The van der Waals surface area contributed by atoms with Crippen molar-refractivity contribution < 1.29 is 18.8 Å². The van der Waals surface area contributed by atoms with Gasteiger partial charge in [0, 0.05) is 37.3 Å². The molecule has 122 valence electrons. The Balaban J connectivity index is 1.87. The van der Waals surface area contributed by atoms with E-state index in [1.54, 1.807) is 36.5 Å². The van der Waals surface area contributed by atoms with Gasteiger partial charge in [0.25, 0.3) is 5.91 Å². The molecular formula is C15H18N4O4. The fourth-order valence-electron chi connectivity index (χ4n) is 2.76. The topological polar surface area (TPSA) is 90.5 Å². The van der Waals surface area contributed by atoms with Gasteiger partial charge in [0.15, 0.2) is 11.4 Å². The molecule has 3 rings (SSSR count). The maximum Gasteiger partial charge on any atom is 0.359 e. The molecule has 23 heavy (non-hydrogen) atoms. The van der Waals surface area contributed by atoms with Crippen LogP contribution in [0.25, 0.3) is 0 Å². The van der Waals surface area contributed by atoms with Gasteiger partial charge in [-0.2, -0.15) is 5.10 Å². The molecular weight excluding hydrogens is 300 g/mol. The van der Waals surface area contributed by atoms with Crippen LogP contribution in [0.4, 0.5) is 0 Å². The summed E-state index contributed by atoms with van der Waals surface area (Å²) in [6, 6.07) is 1.60. The molecule has 3 heterocycles. The number of carbonyl (C=O) groups is 2. The van der Waals surface area contributed by atoms with Gasteiger partial charge < -0.3 is 14.2 Å². The van der Waals surface area contributed by atoms with Crippen LogP contribution in [0.2, 0.25) is 0 Å². The number of aryl methyl sites for hydroxylation is 2. The molecule has 0 fully saturated rings. The van der Waals surface area contributed by atoms with E-state index in [9.17, 15) is 9.59 Å². The molecule has 8 heteroatoms. The second-order valence-corrected chi connectivity index (χ2v) is 5.42. The summed E-state index contributed by atoms with van der Waals surface area (Å²) in [6.07, 6.45) is 0.626. The van der Waals surface area contributed by atoms with Crippen LogP contribution in [0.3, 0.4) is 0 Å². The molecule has 0 spiro atoms. The highest BCUT2D eigenvalue weighted by Crippen LogP contribution is 2.24. The van der Waals surface area contributed by atoms with Crippen molar-refractivity contribution in [2.75, 3.05) is 13.2 Å². The van der Waals surface area contributed by atoms with Crippen LogP contribution in [-0.4, -0.2) is 44.9 Å². The quantitative estimate of drug-likeness (QED) is 0.787. The first-order valence-electron chi connectivity index (χ1n) is 7.45. The Morgan fingerprint density at radius 2 is 2.22 bits per heavy atom. The Labute approximate surface area is 133 Å². The van der Waals surface area contributed by atoms with Gasteiger partial charge in [-0.25, -0.2) is 4.79 Å². The SMILES string of the molecule is CCOC(=O)c1nn(C)c2c1CN(C(=O)c1cc(C)on1)CC2. The number of rotatable bonds is 3.